The first-order chi connectivity index (χ1) is 13.3. The van der Waals surface area contributed by atoms with Gasteiger partial charge in [-0.25, -0.2) is 4.98 Å². The van der Waals surface area contributed by atoms with Crippen LogP contribution < -0.4 is 5.32 Å². The zero-order chi connectivity index (χ0) is 20.3. The fourth-order valence-corrected chi connectivity index (χ4v) is 2.95. The number of alkyl halides is 3. The SMILES string of the molecule is C=CC(=O)NCc1ccc(CCc2ccc(C(F)(F)F)cc2)c2nc(C)oc12. The molecule has 1 amide bonds. The van der Waals surface area contributed by atoms with E-state index in [4.69, 9.17) is 4.42 Å². The van der Waals surface area contributed by atoms with Gasteiger partial charge in [-0.2, -0.15) is 13.2 Å². The summed E-state index contributed by atoms with van der Waals surface area (Å²) in [6.45, 7) is 5.44. The highest BCUT2D eigenvalue weighted by atomic mass is 19.4. The topological polar surface area (TPSA) is 55.1 Å². The Kier molecular flexibility index (Phi) is 5.53. The molecule has 0 unspecified atom stereocenters. The Labute approximate surface area is 160 Å². The molecule has 146 valence electrons. The predicted molar refractivity (Wildman–Crippen MR) is 99.6 cm³/mol. The van der Waals surface area contributed by atoms with E-state index >= 15 is 0 Å². The van der Waals surface area contributed by atoms with Crippen LogP contribution in [0, 0.1) is 6.92 Å². The van der Waals surface area contributed by atoms with Gasteiger partial charge in [0.15, 0.2) is 11.5 Å². The molecule has 4 nitrogen and oxygen atoms in total. The predicted octanol–water partition coefficient (Wildman–Crippen LogP) is 4.74. The van der Waals surface area contributed by atoms with Crippen molar-refractivity contribution in [3.63, 3.8) is 0 Å². The number of nitrogens with one attached hydrogen (secondary N) is 1. The van der Waals surface area contributed by atoms with E-state index in [2.05, 4.69) is 16.9 Å². The molecule has 28 heavy (non-hydrogen) atoms. The van der Waals surface area contributed by atoms with Crippen molar-refractivity contribution in [2.75, 3.05) is 0 Å². The Morgan fingerprint density at radius 2 is 1.82 bits per heavy atom. The zero-order valence-electron chi connectivity index (χ0n) is 15.3. The minimum Gasteiger partial charge on any atom is -0.441 e. The molecule has 3 rings (SSSR count). The van der Waals surface area contributed by atoms with Gasteiger partial charge in [0, 0.05) is 19.0 Å². The number of carbonyl (C=O) groups is 1. The van der Waals surface area contributed by atoms with Crippen LogP contribution in [0.1, 0.15) is 28.1 Å². The van der Waals surface area contributed by atoms with Crippen LogP contribution in [0.25, 0.3) is 11.1 Å². The fraction of sp³-hybridized carbons (Fsp3) is 0.238. The number of carbonyl (C=O) groups excluding carboxylic acids is 1. The van der Waals surface area contributed by atoms with Crippen LogP contribution in [0.4, 0.5) is 13.2 Å². The standard InChI is InChI=1S/C21H19F3N2O2/c1-3-18(27)25-12-16-9-8-15(19-20(16)28-13(2)26-19)7-4-14-5-10-17(11-6-14)21(22,23)24/h3,5-6,8-11H,1,4,7,12H2,2H3,(H,25,27). The summed E-state index contributed by atoms with van der Waals surface area (Å²) in [6, 6.07) is 8.94. The Balaban J connectivity index is 1.78. The van der Waals surface area contributed by atoms with Crippen molar-refractivity contribution < 1.29 is 22.4 Å². The van der Waals surface area contributed by atoms with Crippen molar-refractivity contribution in [3.05, 3.63) is 77.2 Å². The Morgan fingerprint density at radius 1 is 1.14 bits per heavy atom. The second kappa shape index (κ2) is 7.88. The summed E-state index contributed by atoms with van der Waals surface area (Å²) in [4.78, 5) is 15.8. The van der Waals surface area contributed by atoms with Crippen molar-refractivity contribution >= 4 is 17.0 Å². The molecule has 0 atom stereocenters. The molecule has 0 aliphatic carbocycles. The number of halogens is 3. The van der Waals surface area contributed by atoms with Crippen molar-refractivity contribution in [1.29, 1.82) is 0 Å². The molecule has 3 aromatic rings. The van der Waals surface area contributed by atoms with Gasteiger partial charge in [0.2, 0.25) is 5.91 Å². The number of aryl methyl sites for hydroxylation is 3. The molecule has 0 radical (unpaired) electrons. The summed E-state index contributed by atoms with van der Waals surface area (Å²) < 4.78 is 43.7. The summed E-state index contributed by atoms with van der Waals surface area (Å²) in [5.41, 5.74) is 3.19. The van der Waals surface area contributed by atoms with Gasteiger partial charge in [0.1, 0.15) is 5.52 Å². The van der Waals surface area contributed by atoms with Crippen molar-refractivity contribution in [1.82, 2.24) is 10.3 Å². The van der Waals surface area contributed by atoms with E-state index in [1.807, 2.05) is 12.1 Å². The van der Waals surface area contributed by atoms with Gasteiger partial charge in [0.25, 0.3) is 0 Å². The molecule has 0 saturated heterocycles. The van der Waals surface area contributed by atoms with E-state index in [0.717, 1.165) is 28.8 Å². The molecule has 0 spiro atoms. The summed E-state index contributed by atoms with van der Waals surface area (Å²) >= 11 is 0. The molecular formula is C21H19F3N2O2. The van der Waals surface area contributed by atoms with E-state index in [0.29, 0.717) is 29.8 Å². The minimum atomic E-state index is -4.33. The maximum Gasteiger partial charge on any atom is 0.416 e. The maximum absolute atomic E-state index is 12.7. The van der Waals surface area contributed by atoms with Crippen LogP contribution in [0.2, 0.25) is 0 Å². The highest BCUT2D eigenvalue weighted by Crippen LogP contribution is 2.29. The van der Waals surface area contributed by atoms with Crippen LogP contribution >= 0.6 is 0 Å². The Bertz CT molecular complexity index is 1000. The van der Waals surface area contributed by atoms with E-state index in [1.54, 1.807) is 6.92 Å². The Morgan fingerprint density at radius 3 is 2.46 bits per heavy atom. The number of hydrogen-bond acceptors (Lipinski definition) is 3. The first-order valence-corrected chi connectivity index (χ1v) is 8.72. The smallest absolute Gasteiger partial charge is 0.416 e. The highest BCUT2D eigenvalue weighted by molar-refractivity contribution is 5.87. The summed E-state index contributed by atoms with van der Waals surface area (Å²) in [5, 5.41) is 2.71. The van der Waals surface area contributed by atoms with Crippen molar-refractivity contribution in [2.45, 2.75) is 32.5 Å². The number of nitrogens with zero attached hydrogens (tertiary/aromatic N) is 1. The molecular weight excluding hydrogens is 369 g/mol. The van der Waals surface area contributed by atoms with Gasteiger partial charge in [-0.15, -0.1) is 0 Å². The van der Waals surface area contributed by atoms with Crippen molar-refractivity contribution in [3.8, 4) is 0 Å². The zero-order valence-corrected chi connectivity index (χ0v) is 15.3. The van der Waals surface area contributed by atoms with Crippen molar-refractivity contribution in [2.24, 2.45) is 0 Å². The van der Waals surface area contributed by atoms with E-state index < -0.39 is 11.7 Å². The van der Waals surface area contributed by atoms with Gasteiger partial charge < -0.3 is 9.73 Å². The van der Waals surface area contributed by atoms with E-state index in [1.165, 1.54) is 18.2 Å². The number of aromatic nitrogens is 1. The lowest BCUT2D eigenvalue weighted by atomic mass is 10.0. The average Bonchev–Trinajstić information content (AvgIpc) is 3.06. The molecule has 0 aliphatic rings. The van der Waals surface area contributed by atoms with Crippen LogP contribution in [0.15, 0.2) is 53.5 Å². The molecule has 0 saturated carbocycles. The minimum absolute atomic E-state index is 0.282. The monoisotopic (exact) mass is 388 g/mol. The lowest BCUT2D eigenvalue weighted by molar-refractivity contribution is -0.137. The number of amides is 1. The number of fused-ring (bicyclic) bond motifs is 1. The molecule has 0 fully saturated rings. The summed E-state index contributed by atoms with van der Waals surface area (Å²) in [7, 11) is 0. The van der Waals surface area contributed by atoms with Crippen LogP contribution in [0.3, 0.4) is 0 Å². The molecule has 1 aromatic heterocycles. The molecule has 0 bridgehead atoms. The number of hydrogen-bond donors (Lipinski definition) is 1. The van der Waals surface area contributed by atoms with Crippen LogP contribution in [0.5, 0.6) is 0 Å². The number of benzene rings is 2. The first-order valence-electron chi connectivity index (χ1n) is 8.72. The second-order valence-corrected chi connectivity index (χ2v) is 6.41. The first kappa shape index (κ1) is 19.7. The van der Waals surface area contributed by atoms with Gasteiger partial charge >= 0.3 is 6.18 Å². The largest absolute Gasteiger partial charge is 0.441 e. The molecule has 0 aliphatic heterocycles. The van der Waals surface area contributed by atoms with Crippen LogP contribution in [-0.4, -0.2) is 10.9 Å². The third kappa shape index (κ3) is 4.42. The average molecular weight is 388 g/mol. The molecule has 1 heterocycles. The third-order valence-electron chi connectivity index (χ3n) is 4.42. The maximum atomic E-state index is 12.7. The van der Waals surface area contributed by atoms with Gasteiger partial charge in [0.05, 0.1) is 5.56 Å². The van der Waals surface area contributed by atoms with Gasteiger partial charge in [-0.3, -0.25) is 4.79 Å². The van der Waals surface area contributed by atoms with E-state index in [-0.39, 0.29) is 12.5 Å². The van der Waals surface area contributed by atoms with Gasteiger partial charge in [-0.1, -0.05) is 30.8 Å². The normalized spacial score (nSPS) is 11.6. The quantitative estimate of drug-likeness (QED) is 0.621. The molecule has 7 heteroatoms. The van der Waals surface area contributed by atoms with Gasteiger partial charge in [-0.05, 0) is 42.2 Å². The number of oxazole rings is 1. The Hall–Kier alpha value is -3.09. The summed E-state index contributed by atoms with van der Waals surface area (Å²) in [5.74, 6) is 0.226. The lowest BCUT2D eigenvalue weighted by Gasteiger charge is -2.09. The summed E-state index contributed by atoms with van der Waals surface area (Å²) in [6.07, 6.45) is -1.96. The third-order valence-corrected chi connectivity index (χ3v) is 4.42. The lowest BCUT2D eigenvalue weighted by Crippen LogP contribution is -2.20. The second-order valence-electron chi connectivity index (χ2n) is 6.41. The highest BCUT2D eigenvalue weighted by Gasteiger charge is 2.29. The molecule has 2 aromatic carbocycles. The van der Waals surface area contributed by atoms with Crippen LogP contribution in [-0.2, 0) is 30.4 Å². The molecule has 1 N–H and O–H groups in total. The number of rotatable bonds is 6. The fourth-order valence-electron chi connectivity index (χ4n) is 2.95. The van der Waals surface area contributed by atoms with E-state index in [9.17, 15) is 18.0 Å².